The minimum Gasteiger partial charge on any atom is -0.465 e. The maximum absolute atomic E-state index is 12.9. The molecule has 3 aromatic rings. The molecular weight excluding hydrogens is 400 g/mol. The standard InChI is InChI=1S/C22H22N4O5/c1-13-11-18(31-25-13)17-12-19(27)23-24-20(17)14-7-9-26(10-8-14)21(28)15-3-5-16(6-4-15)22(29)30-2/h3-6,11-12,14H,7-10H2,1-2H3,(H,23,27). The molecule has 0 bridgehead atoms. The van der Waals surface area contributed by atoms with E-state index >= 15 is 0 Å². The van der Waals surface area contributed by atoms with Crippen LogP contribution in [0, 0.1) is 6.92 Å². The Labute approximate surface area is 178 Å². The number of rotatable bonds is 4. The summed E-state index contributed by atoms with van der Waals surface area (Å²) in [6.07, 6.45) is 1.40. The van der Waals surface area contributed by atoms with Gasteiger partial charge in [0.25, 0.3) is 11.5 Å². The van der Waals surface area contributed by atoms with Crippen molar-refractivity contribution in [2.45, 2.75) is 25.7 Å². The van der Waals surface area contributed by atoms with Crippen LogP contribution in [0.4, 0.5) is 0 Å². The number of amides is 1. The highest BCUT2D eigenvalue weighted by Gasteiger charge is 2.28. The Hall–Kier alpha value is -3.75. The van der Waals surface area contributed by atoms with Crippen molar-refractivity contribution in [3.8, 4) is 11.3 Å². The van der Waals surface area contributed by atoms with Crippen molar-refractivity contribution in [2.24, 2.45) is 0 Å². The van der Waals surface area contributed by atoms with Gasteiger partial charge in [0.15, 0.2) is 5.76 Å². The Morgan fingerprint density at radius 2 is 1.81 bits per heavy atom. The number of piperidine rings is 1. The van der Waals surface area contributed by atoms with E-state index in [2.05, 4.69) is 20.1 Å². The molecule has 9 heteroatoms. The van der Waals surface area contributed by atoms with Gasteiger partial charge in [-0.1, -0.05) is 5.16 Å². The highest BCUT2D eigenvalue weighted by Crippen LogP contribution is 2.33. The Balaban J connectivity index is 1.47. The first kappa shape index (κ1) is 20.5. The third-order valence-corrected chi connectivity index (χ3v) is 5.45. The number of nitrogens with zero attached hydrogens (tertiary/aromatic N) is 3. The van der Waals surface area contributed by atoms with Gasteiger partial charge in [0.1, 0.15) is 0 Å². The smallest absolute Gasteiger partial charge is 0.337 e. The van der Waals surface area contributed by atoms with Gasteiger partial charge in [0.2, 0.25) is 0 Å². The van der Waals surface area contributed by atoms with Gasteiger partial charge in [-0.15, -0.1) is 0 Å². The van der Waals surface area contributed by atoms with Crippen LogP contribution in [0.5, 0.6) is 0 Å². The van der Waals surface area contributed by atoms with E-state index in [4.69, 9.17) is 4.52 Å². The van der Waals surface area contributed by atoms with Crippen LogP contribution in [0.3, 0.4) is 0 Å². The molecule has 0 aliphatic carbocycles. The first-order valence-electron chi connectivity index (χ1n) is 9.97. The zero-order chi connectivity index (χ0) is 22.0. The number of H-pyrrole nitrogens is 1. The number of aromatic nitrogens is 3. The molecule has 160 valence electrons. The lowest BCUT2D eigenvalue weighted by Crippen LogP contribution is -2.38. The monoisotopic (exact) mass is 422 g/mol. The normalized spacial score (nSPS) is 14.5. The van der Waals surface area contributed by atoms with Crippen LogP contribution in [0.15, 0.2) is 45.7 Å². The highest BCUT2D eigenvalue weighted by atomic mass is 16.5. The lowest BCUT2D eigenvalue weighted by molar-refractivity contribution is 0.0599. The van der Waals surface area contributed by atoms with Crippen molar-refractivity contribution in [3.63, 3.8) is 0 Å². The minimum absolute atomic E-state index is 0.0722. The predicted molar refractivity (Wildman–Crippen MR) is 111 cm³/mol. The zero-order valence-corrected chi connectivity index (χ0v) is 17.3. The van der Waals surface area contributed by atoms with Crippen molar-refractivity contribution < 1.29 is 18.8 Å². The van der Waals surface area contributed by atoms with E-state index in [0.29, 0.717) is 48.4 Å². The van der Waals surface area contributed by atoms with Gasteiger partial charge < -0.3 is 14.2 Å². The third kappa shape index (κ3) is 4.25. The summed E-state index contributed by atoms with van der Waals surface area (Å²) < 4.78 is 10.0. The van der Waals surface area contributed by atoms with Gasteiger partial charge in [-0.25, -0.2) is 9.89 Å². The van der Waals surface area contributed by atoms with Crippen LogP contribution >= 0.6 is 0 Å². The van der Waals surface area contributed by atoms with Crippen LogP contribution in [-0.4, -0.2) is 52.3 Å². The number of hydrogen-bond acceptors (Lipinski definition) is 7. The molecule has 1 aliphatic rings. The molecule has 1 fully saturated rings. The lowest BCUT2D eigenvalue weighted by atomic mass is 9.89. The van der Waals surface area contributed by atoms with E-state index in [1.165, 1.54) is 13.2 Å². The number of hydrogen-bond donors (Lipinski definition) is 1. The number of nitrogens with one attached hydrogen (secondary N) is 1. The number of methoxy groups -OCH3 is 1. The SMILES string of the molecule is COC(=O)c1ccc(C(=O)N2CCC(c3n[nH]c(=O)cc3-c3cc(C)no3)CC2)cc1. The third-order valence-electron chi connectivity index (χ3n) is 5.45. The summed E-state index contributed by atoms with van der Waals surface area (Å²) >= 11 is 0. The molecule has 1 aromatic carbocycles. The predicted octanol–water partition coefficient (Wildman–Crippen LogP) is 2.54. The van der Waals surface area contributed by atoms with Crippen molar-refractivity contribution in [3.05, 3.63) is 69.3 Å². The second-order valence-electron chi connectivity index (χ2n) is 7.50. The number of esters is 1. The molecule has 1 amide bonds. The Morgan fingerprint density at radius 3 is 2.42 bits per heavy atom. The van der Waals surface area contributed by atoms with E-state index in [-0.39, 0.29) is 17.4 Å². The Kier molecular flexibility index (Phi) is 5.66. The van der Waals surface area contributed by atoms with Crippen LogP contribution in [-0.2, 0) is 4.74 Å². The maximum Gasteiger partial charge on any atom is 0.337 e. The zero-order valence-electron chi connectivity index (χ0n) is 17.3. The second-order valence-corrected chi connectivity index (χ2v) is 7.50. The first-order valence-corrected chi connectivity index (χ1v) is 9.97. The molecule has 0 unspecified atom stereocenters. The number of ether oxygens (including phenoxy) is 1. The van der Waals surface area contributed by atoms with Gasteiger partial charge in [0.05, 0.1) is 24.1 Å². The minimum atomic E-state index is -0.439. The number of carbonyl (C=O) groups is 2. The average Bonchev–Trinajstić information content (AvgIpc) is 3.24. The number of benzene rings is 1. The van der Waals surface area contributed by atoms with Crippen molar-refractivity contribution in [1.82, 2.24) is 20.3 Å². The van der Waals surface area contributed by atoms with Crippen molar-refractivity contribution in [1.29, 1.82) is 0 Å². The van der Waals surface area contributed by atoms with Crippen LogP contribution in [0.1, 0.15) is 50.9 Å². The summed E-state index contributed by atoms with van der Waals surface area (Å²) in [6.45, 7) is 2.92. The van der Waals surface area contributed by atoms with Gasteiger partial charge in [-0.05, 0) is 44.0 Å². The Morgan fingerprint density at radius 1 is 1.13 bits per heavy atom. The topological polar surface area (TPSA) is 118 Å². The molecule has 1 aliphatic heterocycles. The molecule has 1 N–H and O–H groups in total. The number of aryl methyl sites for hydroxylation is 1. The lowest BCUT2D eigenvalue weighted by Gasteiger charge is -2.32. The Bertz CT molecular complexity index is 1160. The molecule has 0 radical (unpaired) electrons. The van der Waals surface area contributed by atoms with Gasteiger partial charge in [-0.2, -0.15) is 5.10 Å². The average molecular weight is 422 g/mol. The molecule has 31 heavy (non-hydrogen) atoms. The molecule has 0 spiro atoms. The van der Waals surface area contributed by atoms with E-state index in [1.807, 2.05) is 6.92 Å². The number of aromatic amines is 1. The molecule has 0 saturated carbocycles. The molecule has 2 aromatic heterocycles. The van der Waals surface area contributed by atoms with E-state index in [9.17, 15) is 14.4 Å². The summed E-state index contributed by atoms with van der Waals surface area (Å²) in [5, 5.41) is 10.7. The fourth-order valence-electron chi connectivity index (χ4n) is 3.82. The van der Waals surface area contributed by atoms with Crippen molar-refractivity contribution >= 4 is 11.9 Å². The largest absolute Gasteiger partial charge is 0.465 e. The summed E-state index contributed by atoms with van der Waals surface area (Å²) in [5.41, 5.74) is 2.71. The highest BCUT2D eigenvalue weighted by molar-refractivity contribution is 5.96. The molecule has 1 saturated heterocycles. The summed E-state index contributed by atoms with van der Waals surface area (Å²) in [4.78, 5) is 38.0. The molecular formula is C22H22N4O5. The van der Waals surface area contributed by atoms with E-state index in [0.717, 1.165) is 11.4 Å². The molecule has 3 heterocycles. The summed E-state index contributed by atoms with van der Waals surface area (Å²) in [7, 11) is 1.32. The fraction of sp³-hybridized carbons (Fsp3) is 0.318. The van der Waals surface area contributed by atoms with E-state index in [1.54, 1.807) is 35.2 Å². The number of likely N-dealkylation sites (tertiary alicyclic amines) is 1. The van der Waals surface area contributed by atoms with Gasteiger partial charge in [0, 0.05) is 42.3 Å². The second kappa shape index (κ2) is 8.55. The molecule has 4 rings (SSSR count). The number of carbonyl (C=O) groups excluding carboxylic acids is 2. The molecule has 0 atom stereocenters. The van der Waals surface area contributed by atoms with Crippen molar-refractivity contribution in [2.75, 3.05) is 20.2 Å². The van der Waals surface area contributed by atoms with Crippen LogP contribution in [0.2, 0.25) is 0 Å². The van der Waals surface area contributed by atoms with Gasteiger partial charge in [-0.3, -0.25) is 9.59 Å². The maximum atomic E-state index is 12.9. The van der Waals surface area contributed by atoms with E-state index < -0.39 is 5.97 Å². The summed E-state index contributed by atoms with van der Waals surface area (Å²) in [6, 6.07) is 9.69. The quantitative estimate of drug-likeness (QED) is 0.642. The van der Waals surface area contributed by atoms with Crippen LogP contribution in [0.25, 0.3) is 11.3 Å². The first-order chi connectivity index (χ1) is 15.0. The summed E-state index contributed by atoms with van der Waals surface area (Å²) in [5.74, 6) is 0.0552. The fourth-order valence-corrected chi connectivity index (χ4v) is 3.82. The van der Waals surface area contributed by atoms with Gasteiger partial charge >= 0.3 is 5.97 Å². The van der Waals surface area contributed by atoms with Crippen LogP contribution < -0.4 is 5.56 Å². The molecule has 9 nitrogen and oxygen atoms in total.